The highest BCUT2D eigenvalue weighted by atomic mass is 16.1. The van der Waals surface area contributed by atoms with Crippen LogP contribution >= 0.6 is 0 Å². The molecule has 21 heavy (non-hydrogen) atoms. The molecule has 0 aliphatic heterocycles. The van der Waals surface area contributed by atoms with E-state index in [2.05, 4.69) is 0 Å². The quantitative estimate of drug-likeness (QED) is 0.401. The van der Waals surface area contributed by atoms with Crippen molar-refractivity contribution in [3.05, 3.63) is 0 Å². The third kappa shape index (κ3) is 54800000. The molecule has 0 radical (unpaired) electrons. The lowest BCUT2D eigenvalue weighted by atomic mass is 10.6. The summed E-state index contributed by atoms with van der Waals surface area (Å²) in [5.74, 6) is 0. The van der Waals surface area contributed by atoms with Crippen LogP contribution in [0.1, 0.15) is 13.3 Å². The van der Waals surface area contributed by atoms with E-state index in [1.807, 2.05) is 6.92 Å². The maximum atomic E-state index is 9.17. The average Bonchev–Trinajstić information content (AvgIpc) is 1.37. The van der Waals surface area contributed by atoms with Crippen LogP contribution in [0.25, 0.3) is 0 Å². The van der Waals surface area contributed by atoms with Crippen LogP contribution in [0.4, 0.5) is 0 Å². The second kappa shape index (κ2) is 6270. The monoisotopic (exact) mass is 364 g/mol. The van der Waals surface area contributed by atoms with Crippen molar-refractivity contribution in [2.24, 2.45) is 0 Å². The normalized spacial score (nSPS) is 1.19. The number of hydrogen-bond acceptors (Lipinski definition) is 1. The molecule has 0 aliphatic carbocycles. The summed E-state index contributed by atoms with van der Waals surface area (Å²) in [6.07, 6.45) is 1.51. The molecule has 0 atom stereocenters. The minimum absolute atomic E-state index is 0. The van der Waals surface area contributed by atoms with Crippen LogP contribution in [0.3, 0.4) is 0 Å². The smallest absolute Gasteiger partial charge is 0.119 e. The Labute approximate surface area is 119 Å². The molecule has 0 unspecified atom stereocenters. The van der Waals surface area contributed by atoms with Crippen molar-refractivity contribution in [1.82, 2.24) is 0 Å². The maximum absolute atomic E-state index is 9.17. The lowest BCUT2D eigenvalue weighted by Gasteiger charge is -1.51. The van der Waals surface area contributed by atoms with Gasteiger partial charge in [0.1, 0.15) is 6.29 Å². The van der Waals surface area contributed by atoms with E-state index in [1.54, 1.807) is 0 Å². The van der Waals surface area contributed by atoms with Crippen LogP contribution in [0, 0.1) is 0 Å². The summed E-state index contributed by atoms with van der Waals surface area (Å²) in [4.78, 5) is 9.17. The van der Waals surface area contributed by atoms with E-state index in [4.69, 9.17) is 0 Å². The average molecular weight is 364 g/mol. The zero-order valence-corrected chi connectivity index (χ0v) is 11.2. The second-order valence-corrected chi connectivity index (χ2v) is 0.575. The van der Waals surface area contributed by atoms with Crippen LogP contribution in [0.15, 0.2) is 0 Å². The van der Waals surface area contributed by atoms with Crippen LogP contribution in [-0.2, 0) is 4.79 Å². The van der Waals surface area contributed by atoms with Crippen molar-refractivity contribution >= 4 is 6.29 Å². The molecule has 0 bridgehead atoms. The Balaban J connectivity index is -0.000000000331. The Kier molecular flexibility index (Phi) is 544000. The van der Waals surface area contributed by atoms with Gasteiger partial charge in [0, 0.05) is 6.42 Å². The summed E-state index contributed by atoms with van der Waals surface area (Å²) in [6, 6.07) is 0. The van der Waals surface area contributed by atoms with Crippen LogP contribution < -0.4 is 0 Å². The van der Waals surface area contributed by atoms with E-state index in [0.29, 0.717) is 6.42 Å². The molecular formula is C3H40O18. The first-order chi connectivity index (χ1) is 1.91. The minimum atomic E-state index is 0. The van der Waals surface area contributed by atoms with Gasteiger partial charge in [-0.2, -0.15) is 0 Å². The predicted molar refractivity (Wildman–Crippen MR) is 77.8 cm³/mol. The molecule has 18 heteroatoms. The molecule has 0 aromatic heterocycles. The summed E-state index contributed by atoms with van der Waals surface area (Å²) < 4.78 is 0. The number of carbonyl (C=O) groups is 1. The van der Waals surface area contributed by atoms with Crippen molar-refractivity contribution < 1.29 is 97.9 Å². The van der Waals surface area contributed by atoms with Crippen LogP contribution in [0.5, 0.6) is 0 Å². The van der Waals surface area contributed by atoms with Crippen molar-refractivity contribution in [3.8, 4) is 0 Å². The molecule has 0 amide bonds. The molecule has 0 saturated carbocycles. The van der Waals surface area contributed by atoms with Gasteiger partial charge in [-0.3, -0.25) is 0 Å². The van der Waals surface area contributed by atoms with Gasteiger partial charge < -0.3 is 97.9 Å². The van der Waals surface area contributed by atoms with Crippen LogP contribution in [-0.4, -0.2) is 99.4 Å². The van der Waals surface area contributed by atoms with Crippen molar-refractivity contribution in [2.75, 3.05) is 0 Å². The molecule has 160 valence electrons. The topological polar surface area (TPSA) is 553 Å². The van der Waals surface area contributed by atoms with Crippen LogP contribution in [0.2, 0.25) is 0 Å². The fourth-order valence-electron chi connectivity index (χ4n) is 0. The SMILES string of the molecule is CCC=O.O.O.O.O.O.O.O.O.O.O.O.O.O.O.O.O.O. The van der Waals surface area contributed by atoms with E-state index >= 15 is 0 Å². The molecule has 0 heterocycles. The van der Waals surface area contributed by atoms with Gasteiger partial charge in [-0.25, -0.2) is 0 Å². The lowest BCUT2D eigenvalue weighted by molar-refractivity contribution is -0.107. The Hall–Kier alpha value is -1.01. The molecule has 0 rings (SSSR count). The molecule has 0 aromatic carbocycles. The van der Waals surface area contributed by atoms with Gasteiger partial charge in [0.05, 0.1) is 0 Å². The molecule has 0 aromatic rings. The summed E-state index contributed by atoms with van der Waals surface area (Å²) in [6.45, 7) is 1.81. The molecule has 0 aliphatic rings. The highest BCUT2D eigenvalue weighted by molar-refractivity contribution is 5.48. The van der Waals surface area contributed by atoms with E-state index in [-0.39, 0.29) is 93.1 Å². The third-order valence-electron chi connectivity index (χ3n) is 0.167. The number of carbonyl (C=O) groups excluding carboxylic acids is 1. The predicted octanol–water partition coefficient (Wildman–Crippen LogP) is -13.4. The van der Waals surface area contributed by atoms with E-state index < -0.39 is 0 Å². The van der Waals surface area contributed by atoms with Crippen molar-refractivity contribution in [1.29, 1.82) is 0 Å². The molecular weight excluding hydrogens is 324 g/mol. The maximum Gasteiger partial charge on any atom is 0.119 e. The minimum Gasteiger partial charge on any atom is -0.412 e. The van der Waals surface area contributed by atoms with Gasteiger partial charge in [-0.1, -0.05) is 6.92 Å². The van der Waals surface area contributed by atoms with Crippen molar-refractivity contribution in [2.45, 2.75) is 13.3 Å². The Morgan fingerprint density at radius 3 is 0.476 bits per heavy atom. The highest BCUT2D eigenvalue weighted by Crippen LogP contribution is 1.53. The summed E-state index contributed by atoms with van der Waals surface area (Å²) >= 11 is 0. The molecule has 18 nitrogen and oxygen atoms in total. The first kappa shape index (κ1) is 1820. The van der Waals surface area contributed by atoms with Gasteiger partial charge in [0.15, 0.2) is 0 Å². The number of rotatable bonds is 1. The molecule has 0 spiro atoms. The summed E-state index contributed by atoms with van der Waals surface area (Å²) in [5.41, 5.74) is 0. The van der Waals surface area contributed by atoms with E-state index in [1.165, 1.54) is 0 Å². The fourth-order valence-corrected chi connectivity index (χ4v) is 0. The van der Waals surface area contributed by atoms with Gasteiger partial charge in [-0.15, -0.1) is 0 Å². The molecule has 0 saturated heterocycles. The second-order valence-electron chi connectivity index (χ2n) is 0.575. The Morgan fingerprint density at radius 1 is 0.429 bits per heavy atom. The van der Waals surface area contributed by atoms with Gasteiger partial charge >= 0.3 is 0 Å². The largest absolute Gasteiger partial charge is 0.412 e. The van der Waals surface area contributed by atoms with Gasteiger partial charge in [0.25, 0.3) is 0 Å². The number of aldehydes is 1. The first-order valence-corrected chi connectivity index (χ1v) is 1.35. The van der Waals surface area contributed by atoms with Crippen molar-refractivity contribution in [3.63, 3.8) is 0 Å². The fraction of sp³-hybridized carbons (Fsp3) is 0.667. The molecule has 34 N–H and O–H groups in total. The van der Waals surface area contributed by atoms with Gasteiger partial charge in [0.2, 0.25) is 0 Å². The number of hydrogen-bond donors (Lipinski definition) is 0. The third-order valence-corrected chi connectivity index (χ3v) is 0.167. The zero-order valence-electron chi connectivity index (χ0n) is 11.2. The molecule has 0 fully saturated rings. The summed E-state index contributed by atoms with van der Waals surface area (Å²) in [5, 5.41) is 0. The van der Waals surface area contributed by atoms with E-state index in [9.17, 15) is 4.79 Å². The lowest BCUT2D eigenvalue weighted by Crippen LogP contribution is -1.55. The Morgan fingerprint density at radius 2 is 0.476 bits per heavy atom. The van der Waals surface area contributed by atoms with Gasteiger partial charge in [-0.05, 0) is 0 Å². The first-order valence-electron chi connectivity index (χ1n) is 1.35. The Bertz CT molecular complexity index is 26.4. The van der Waals surface area contributed by atoms with E-state index in [0.717, 1.165) is 6.29 Å². The zero-order chi connectivity index (χ0) is 3.41. The summed E-state index contributed by atoms with van der Waals surface area (Å²) in [7, 11) is 0. The standard InChI is InChI=1S/C3H6O.17H2O/c1-2-3-4;;;;;;;;;;;;;;;;;/h3H,2H2,1H3;17*1H2. The highest BCUT2D eigenvalue weighted by Gasteiger charge is 1.52.